The molecule has 0 aliphatic carbocycles. The van der Waals surface area contributed by atoms with Gasteiger partial charge in [-0.3, -0.25) is 4.79 Å². The Kier molecular flexibility index (Phi) is 3.72. The van der Waals surface area contributed by atoms with Crippen LogP contribution in [0.4, 0.5) is 17.1 Å². The van der Waals surface area contributed by atoms with Crippen LogP contribution >= 0.6 is 11.6 Å². The Bertz CT molecular complexity index is 784. The summed E-state index contributed by atoms with van der Waals surface area (Å²) in [5.74, 6) is -0.300. The molecule has 1 aliphatic rings. The fourth-order valence-corrected chi connectivity index (χ4v) is 2.70. The van der Waals surface area contributed by atoms with Gasteiger partial charge < -0.3 is 16.0 Å². The Labute approximate surface area is 132 Å². The van der Waals surface area contributed by atoms with Gasteiger partial charge in [0, 0.05) is 6.54 Å². The number of benzene rings is 2. The van der Waals surface area contributed by atoms with Crippen LogP contribution in [0.3, 0.4) is 0 Å². The maximum Gasteiger partial charge on any atom is 0.243 e. The molecule has 1 amide bonds. The van der Waals surface area contributed by atoms with Gasteiger partial charge in [0.05, 0.1) is 27.6 Å². The number of anilines is 3. The third-order valence-corrected chi connectivity index (χ3v) is 3.88. The monoisotopic (exact) mass is 312 g/mol. The minimum Gasteiger partial charge on any atom is -0.337 e. The number of fused-ring (bicyclic) bond motifs is 1. The largest absolute Gasteiger partial charge is 0.337 e. The van der Waals surface area contributed by atoms with Crippen LogP contribution in [-0.4, -0.2) is 18.5 Å². The van der Waals surface area contributed by atoms with E-state index in [-0.39, 0.29) is 12.5 Å². The topological polar surface area (TPSA) is 82.2 Å². The summed E-state index contributed by atoms with van der Waals surface area (Å²) in [5.41, 5.74) is 8.38. The van der Waals surface area contributed by atoms with E-state index in [0.29, 0.717) is 22.0 Å². The van der Waals surface area contributed by atoms with Crippen molar-refractivity contribution in [2.75, 3.05) is 16.8 Å². The number of para-hydroxylation sites is 2. The summed E-state index contributed by atoms with van der Waals surface area (Å²) >= 11 is 6.21. The molecule has 22 heavy (non-hydrogen) atoms. The number of hydrogen-bond donors (Lipinski definition) is 2. The first-order valence-electron chi connectivity index (χ1n) is 6.73. The third kappa shape index (κ3) is 2.39. The lowest BCUT2D eigenvalue weighted by atomic mass is 10.1. The molecule has 1 aliphatic heterocycles. The van der Waals surface area contributed by atoms with Gasteiger partial charge in [-0.05, 0) is 24.3 Å². The molecule has 0 bridgehead atoms. The van der Waals surface area contributed by atoms with Gasteiger partial charge in [-0.1, -0.05) is 29.8 Å². The molecular weight excluding hydrogens is 300 g/mol. The predicted octanol–water partition coefficient (Wildman–Crippen LogP) is 2.63. The van der Waals surface area contributed by atoms with E-state index in [2.05, 4.69) is 11.4 Å². The minimum atomic E-state index is -0.727. The van der Waals surface area contributed by atoms with E-state index in [1.165, 1.54) is 0 Å². The number of rotatable bonds is 1. The van der Waals surface area contributed by atoms with Crippen molar-refractivity contribution in [3.8, 4) is 6.07 Å². The van der Waals surface area contributed by atoms with Crippen LogP contribution in [0.25, 0.3) is 0 Å². The zero-order valence-electron chi connectivity index (χ0n) is 11.6. The van der Waals surface area contributed by atoms with Gasteiger partial charge >= 0.3 is 0 Å². The molecule has 3 N–H and O–H groups in total. The molecule has 0 aromatic heterocycles. The predicted molar refractivity (Wildman–Crippen MR) is 86.2 cm³/mol. The van der Waals surface area contributed by atoms with Crippen molar-refractivity contribution in [1.82, 2.24) is 0 Å². The highest BCUT2D eigenvalue weighted by atomic mass is 35.5. The van der Waals surface area contributed by atoms with Crippen LogP contribution in [0.5, 0.6) is 0 Å². The summed E-state index contributed by atoms with van der Waals surface area (Å²) in [6.07, 6.45) is 0. The first kappa shape index (κ1) is 14.4. The first-order valence-corrected chi connectivity index (χ1v) is 7.11. The number of halogens is 1. The number of carbonyl (C=O) groups excluding carboxylic acids is 1. The van der Waals surface area contributed by atoms with Crippen LogP contribution in [0, 0.1) is 11.3 Å². The van der Waals surface area contributed by atoms with Gasteiger partial charge in [-0.25, -0.2) is 0 Å². The van der Waals surface area contributed by atoms with Crippen molar-refractivity contribution in [1.29, 1.82) is 5.26 Å². The smallest absolute Gasteiger partial charge is 0.243 e. The molecule has 3 rings (SSSR count). The number of nitrogens with zero attached hydrogens (tertiary/aromatic N) is 2. The van der Waals surface area contributed by atoms with Gasteiger partial charge in [-0.2, -0.15) is 5.26 Å². The van der Waals surface area contributed by atoms with Crippen molar-refractivity contribution in [3.05, 3.63) is 53.1 Å². The second kappa shape index (κ2) is 5.68. The molecule has 0 fully saturated rings. The minimum absolute atomic E-state index is 0.262. The molecule has 0 spiro atoms. The summed E-state index contributed by atoms with van der Waals surface area (Å²) in [6, 6.07) is 14.0. The summed E-state index contributed by atoms with van der Waals surface area (Å²) in [4.78, 5) is 13.9. The average Bonchev–Trinajstić information content (AvgIpc) is 2.66. The molecule has 1 unspecified atom stereocenters. The molecule has 6 heteroatoms. The second-order valence-electron chi connectivity index (χ2n) is 4.97. The zero-order chi connectivity index (χ0) is 15.7. The van der Waals surface area contributed by atoms with E-state index in [0.717, 1.165) is 5.69 Å². The summed E-state index contributed by atoms with van der Waals surface area (Å²) < 4.78 is 0. The van der Waals surface area contributed by atoms with Gasteiger partial charge in [-0.15, -0.1) is 0 Å². The van der Waals surface area contributed by atoms with Gasteiger partial charge in [0.25, 0.3) is 0 Å². The fraction of sp³-hybridized carbons (Fsp3) is 0.125. The van der Waals surface area contributed by atoms with Crippen LogP contribution in [0.15, 0.2) is 42.5 Å². The summed E-state index contributed by atoms with van der Waals surface area (Å²) in [7, 11) is 0. The molecule has 0 saturated carbocycles. The fourth-order valence-electron chi connectivity index (χ4n) is 2.49. The molecule has 110 valence electrons. The lowest BCUT2D eigenvalue weighted by Crippen LogP contribution is -2.41. The van der Waals surface area contributed by atoms with Crippen molar-refractivity contribution in [2.24, 2.45) is 5.73 Å². The molecule has 0 radical (unpaired) electrons. The zero-order valence-corrected chi connectivity index (χ0v) is 12.3. The van der Waals surface area contributed by atoms with E-state index in [9.17, 15) is 10.1 Å². The first-order chi connectivity index (χ1) is 10.6. The van der Waals surface area contributed by atoms with Crippen LogP contribution in [0.2, 0.25) is 5.02 Å². The molecule has 2 aromatic rings. The quantitative estimate of drug-likeness (QED) is 0.848. The summed E-state index contributed by atoms with van der Waals surface area (Å²) in [6.45, 7) is 0.262. The van der Waals surface area contributed by atoms with Crippen molar-refractivity contribution in [2.45, 2.75) is 6.04 Å². The van der Waals surface area contributed by atoms with Crippen LogP contribution in [-0.2, 0) is 4.79 Å². The Balaban J connectivity index is 2.21. The normalized spacial score (nSPS) is 17.2. The lowest BCUT2D eigenvalue weighted by Gasteiger charge is -2.26. The maximum absolute atomic E-state index is 12.1. The van der Waals surface area contributed by atoms with Gasteiger partial charge in [0.2, 0.25) is 5.91 Å². The molecule has 1 heterocycles. The molecular formula is C16H13ClN4O. The number of carbonyl (C=O) groups is 1. The van der Waals surface area contributed by atoms with E-state index >= 15 is 0 Å². The maximum atomic E-state index is 12.1. The van der Waals surface area contributed by atoms with Gasteiger partial charge in [0.1, 0.15) is 12.1 Å². The number of hydrogen-bond acceptors (Lipinski definition) is 4. The highest BCUT2D eigenvalue weighted by Gasteiger charge is 2.28. The number of nitrogens with one attached hydrogen (secondary N) is 1. The second-order valence-corrected chi connectivity index (χ2v) is 5.38. The summed E-state index contributed by atoms with van der Waals surface area (Å²) in [5, 5.41) is 12.5. The number of amides is 1. The van der Waals surface area contributed by atoms with Crippen LogP contribution in [0.1, 0.15) is 5.56 Å². The Morgan fingerprint density at radius 2 is 1.95 bits per heavy atom. The standard InChI is InChI=1S/C16H13ClN4O/c17-11-5-3-7-14-15(11)20-16(22)12(19)9-21(14)13-6-2-1-4-10(13)8-18/h1-7,12H,9,19H2,(H,20,22). The van der Waals surface area contributed by atoms with Crippen molar-refractivity contribution in [3.63, 3.8) is 0 Å². The molecule has 2 aromatic carbocycles. The Hall–Kier alpha value is -2.55. The number of nitriles is 1. The molecule has 5 nitrogen and oxygen atoms in total. The Morgan fingerprint density at radius 1 is 1.23 bits per heavy atom. The number of nitrogens with two attached hydrogens (primary N) is 1. The highest BCUT2D eigenvalue weighted by Crippen LogP contribution is 2.39. The average molecular weight is 313 g/mol. The van der Waals surface area contributed by atoms with Crippen molar-refractivity contribution >= 4 is 34.6 Å². The Morgan fingerprint density at radius 3 is 2.73 bits per heavy atom. The van der Waals surface area contributed by atoms with E-state index < -0.39 is 6.04 Å². The van der Waals surface area contributed by atoms with Crippen molar-refractivity contribution < 1.29 is 4.79 Å². The third-order valence-electron chi connectivity index (χ3n) is 3.56. The highest BCUT2D eigenvalue weighted by molar-refractivity contribution is 6.34. The lowest BCUT2D eigenvalue weighted by molar-refractivity contribution is -0.117. The molecule has 1 atom stereocenters. The molecule has 0 saturated heterocycles. The van der Waals surface area contributed by atoms with Gasteiger partial charge in [0.15, 0.2) is 0 Å². The van der Waals surface area contributed by atoms with E-state index in [1.54, 1.807) is 24.3 Å². The van der Waals surface area contributed by atoms with E-state index in [1.807, 2.05) is 23.1 Å². The van der Waals surface area contributed by atoms with E-state index in [4.69, 9.17) is 17.3 Å². The SMILES string of the molecule is N#Cc1ccccc1N1CC(N)C(=O)Nc2c(Cl)cccc21. The van der Waals surface area contributed by atoms with Crippen LogP contribution < -0.4 is 16.0 Å².